The lowest BCUT2D eigenvalue weighted by Crippen LogP contribution is -2.26. The fraction of sp³-hybridized carbons (Fsp3) is 0.194. The van der Waals surface area contributed by atoms with Crippen molar-refractivity contribution in [3.63, 3.8) is 0 Å². The van der Waals surface area contributed by atoms with Crippen molar-refractivity contribution < 1.29 is 14.0 Å². The van der Waals surface area contributed by atoms with Crippen LogP contribution in [0.25, 0.3) is 0 Å². The van der Waals surface area contributed by atoms with Crippen LogP contribution in [0.4, 0.5) is 0 Å². The van der Waals surface area contributed by atoms with E-state index in [1.54, 1.807) is 14.2 Å². The van der Waals surface area contributed by atoms with Gasteiger partial charge in [0.15, 0.2) is 12.1 Å². The van der Waals surface area contributed by atoms with E-state index in [-0.39, 0.29) is 12.1 Å². The maximum absolute atomic E-state index is 5.69. The zero-order valence-corrected chi connectivity index (χ0v) is 20.2. The van der Waals surface area contributed by atoms with E-state index in [9.17, 15) is 0 Å². The van der Waals surface area contributed by atoms with Gasteiger partial charge in [0.2, 0.25) is 6.34 Å². The lowest BCUT2D eigenvalue weighted by molar-refractivity contribution is -0.578. The molecular formula is C31H31N2O2+. The Bertz CT molecular complexity index is 1290. The fourth-order valence-corrected chi connectivity index (χ4v) is 5.08. The fourth-order valence-electron chi connectivity index (χ4n) is 5.08. The van der Waals surface area contributed by atoms with Crippen molar-refractivity contribution in [2.24, 2.45) is 0 Å². The number of nitrogens with zero attached hydrogens (tertiary/aromatic N) is 2. The van der Waals surface area contributed by atoms with Crippen LogP contribution in [0.2, 0.25) is 0 Å². The monoisotopic (exact) mass is 463 g/mol. The van der Waals surface area contributed by atoms with Crippen LogP contribution in [-0.2, 0) is 13.1 Å². The standard InChI is InChI=1S/C31H31N2O2/c1-34-28-19-11-9-17-26(28)21-32-23-33(22-27-18-10-12-20-29(27)35-2)31(25-15-7-4-8-16-25)30(32)24-13-5-3-6-14-24/h3-20,23,30-31H,21-22H2,1-2H3/q+1. The van der Waals surface area contributed by atoms with Gasteiger partial charge in [0.05, 0.1) is 14.2 Å². The Morgan fingerprint density at radius 1 is 0.629 bits per heavy atom. The predicted molar refractivity (Wildman–Crippen MR) is 140 cm³/mol. The summed E-state index contributed by atoms with van der Waals surface area (Å²) in [6, 6.07) is 38.4. The Morgan fingerprint density at radius 3 is 1.77 bits per heavy atom. The van der Waals surface area contributed by atoms with E-state index in [1.807, 2.05) is 24.3 Å². The van der Waals surface area contributed by atoms with Gasteiger partial charge < -0.3 is 9.47 Å². The maximum atomic E-state index is 5.69. The lowest BCUT2D eigenvalue weighted by atomic mass is 9.92. The second-order valence-corrected chi connectivity index (χ2v) is 8.79. The first-order chi connectivity index (χ1) is 17.3. The molecule has 4 aromatic rings. The number of methoxy groups -OCH3 is 2. The van der Waals surface area contributed by atoms with E-state index in [0.717, 1.165) is 35.7 Å². The SMILES string of the molecule is COc1ccccc1CN1C=[N+](Cc2ccccc2OC)C(c2ccccc2)C1c1ccccc1. The van der Waals surface area contributed by atoms with Crippen molar-refractivity contribution in [3.8, 4) is 11.5 Å². The molecule has 0 saturated heterocycles. The molecule has 2 atom stereocenters. The molecule has 0 radical (unpaired) electrons. The normalized spacial score (nSPS) is 17.2. The van der Waals surface area contributed by atoms with E-state index < -0.39 is 0 Å². The van der Waals surface area contributed by atoms with Gasteiger partial charge in [-0.3, -0.25) is 9.48 Å². The summed E-state index contributed by atoms with van der Waals surface area (Å²) in [5.41, 5.74) is 4.90. The zero-order valence-electron chi connectivity index (χ0n) is 20.2. The molecule has 1 aliphatic rings. The second kappa shape index (κ2) is 10.5. The van der Waals surface area contributed by atoms with Crippen molar-refractivity contribution in [3.05, 3.63) is 131 Å². The summed E-state index contributed by atoms with van der Waals surface area (Å²) in [5.74, 6) is 1.82. The molecule has 4 heteroatoms. The van der Waals surface area contributed by atoms with Crippen LogP contribution in [0.1, 0.15) is 34.3 Å². The summed E-state index contributed by atoms with van der Waals surface area (Å²) >= 11 is 0. The molecule has 176 valence electrons. The third-order valence-corrected chi connectivity index (χ3v) is 6.68. The lowest BCUT2D eigenvalue weighted by Gasteiger charge is -2.25. The number of para-hydroxylation sites is 2. The van der Waals surface area contributed by atoms with Gasteiger partial charge in [-0.25, -0.2) is 0 Å². The quantitative estimate of drug-likeness (QED) is 0.289. The van der Waals surface area contributed by atoms with Crippen LogP contribution >= 0.6 is 0 Å². The summed E-state index contributed by atoms with van der Waals surface area (Å²) in [6.45, 7) is 1.49. The summed E-state index contributed by atoms with van der Waals surface area (Å²) < 4.78 is 13.8. The van der Waals surface area contributed by atoms with Gasteiger partial charge in [0.25, 0.3) is 0 Å². The number of rotatable bonds is 8. The van der Waals surface area contributed by atoms with Gasteiger partial charge in [0.1, 0.15) is 24.6 Å². The molecule has 0 aromatic heterocycles. The largest absolute Gasteiger partial charge is 0.496 e. The van der Waals surface area contributed by atoms with Gasteiger partial charge in [0, 0.05) is 22.3 Å². The molecule has 0 saturated carbocycles. The minimum atomic E-state index is 0.137. The van der Waals surface area contributed by atoms with Gasteiger partial charge in [-0.2, -0.15) is 0 Å². The maximum Gasteiger partial charge on any atom is 0.236 e. The van der Waals surface area contributed by atoms with Crippen molar-refractivity contribution in [1.29, 1.82) is 0 Å². The van der Waals surface area contributed by atoms with E-state index in [2.05, 4.69) is 101 Å². The Hall–Kier alpha value is -4.05. The van der Waals surface area contributed by atoms with Crippen molar-refractivity contribution in [1.82, 2.24) is 4.90 Å². The zero-order chi connectivity index (χ0) is 24.0. The predicted octanol–water partition coefficient (Wildman–Crippen LogP) is 6.24. The number of benzene rings is 4. The number of hydrogen-bond donors (Lipinski definition) is 0. The Morgan fingerprint density at radius 2 is 1.14 bits per heavy atom. The second-order valence-electron chi connectivity index (χ2n) is 8.79. The molecule has 0 N–H and O–H groups in total. The highest BCUT2D eigenvalue weighted by Crippen LogP contribution is 2.42. The Balaban J connectivity index is 1.61. The molecule has 5 rings (SSSR count). The highest BCUT2D eigenvalue weighted by atomic mass is 16.5. The third-order valence-electron chi connectivity index (χ3n) is 6.68. The van der Waals surface area contributed by atoms with Crippen LogP contribution in [0.15, 0.2) is 109 Å². The Labute approximate surface area is 207 Å². The van der Waals surface area contributed by atoms with Crippen LogP contribution in [0.3, 0.4) is 0 Å². The highest BCUT2D eigenvalue weighted by Gasteiger charge is 2.44. The first kappa shape index (κ1) is 22.7. The molecule has 4 nitrogen and oxygen atoms in total. The van der Waals surface area contributed by atoms with E-state index in [4.69, 9.17) is 9.47 Å². The molecule has 0 aliphatic carbocycles. The summed E-state index contributed by atoms with van der Waals surface area (Å²) in [7, 11) is 3.48. The molecule has 4 aromatic carbocycles. The van der Waals surface area contributed by atoms with Crippen molar-refractivity contribution >= 4 is 6.34 Å². The van der Waals surface area contributed by atoms with Crippen LogP contribution in [0.5, 0.6) is 11.5 Å². The van der Waals surface area contributed by atoms with Gasteiger partial charge >= 0.3 is 0 Å². The molecule has 0 bridgehead atoms. The van der Waals surface area contributed by atoms with E-state index in [1.165, 1.54) is 11.1 Å². The average Bonchev–Trinajstić information content (AvgIpc) is 3.27. The summed E-state index contributed by atoms with van der Waals surface area (Å²) in [6.07, 6.45) is 2.29. The smallest absolute Gasteiger partial charge is 0.236 e. The molecule has 2 unspecified atom stereocenters. The van der Waals surface area contributed by atoms with E-state index >= 15 is 0 Å². The van der Waals surface area contributed by atoms with Gasteiger partial charge in [-0.1, -0.05) is 97.1 Å². The molecule has 0 spiro atoms. The average molecular weight is 464 g/mol. The molecule has 1 heterocycles. The molecular weight excluding hydrogens is 432 g/mol. The third kappa shape index (κ3) is 4.78. The molecule has 1 aliphatic heterocycles. The van der Waals surface area contributed by atoms with Crippen LogP contribution in [0, 0.1) is 0 Å². The minimum Gasteiger partial charge on any atom is -0.496 e. The molecule has 0 fully saturated rings. The number of ether oxygens (including phenoxy) is 2. The topological polar surface area (TPSA) is 24.7 Å². The van der Waals surface area contributed by atoms with Gasteiger partial charge in [-0.15, -0.1) is 0 Å². The molecule has 35 heavy (non-hydrogen) atoms. The van der Waals surface area contributed by atoms with Crippen molar-refractivity contribution in [2.45, 2.75) is 25.2 Å². The molecule has 0 amide bonds. The van der Waals surface area contributed by atoms with Crippen LogP contribution < -0.4 is 9.47 Å². The minimum absolute atomic E-state index is 0.137. The van der Waals surface area contributed by atoms with Crippen molar-refractivity contribution in [2.75, 3.05) is 14.2 Å². The first-order valence-corrected chi connectivity index (χ1v) is 12.0. The van der Waals surface area contributed by atoms with Crippen LogP contribution in [-0.4, -0.2) is 30.0 Å². The number of hydrogen-bond acceptors (Lipinski definition) is 3. The first-order valence-electron chi connectivity index (χ1n) is 12.0. The van der Waals surface area contributed by atoms with Gasteiger partial charge in [-0.05, 0) is 12.1 Å². The van der Waals surface area contributed by atoms with E-state index in [0.29, 0.717) is 0 Å². The summed E-state index contributed by atoms with van der Waals surface area (Å²) in [4.78, 5) is 2.44. The Kier molecular flexibility index (Phi) is 6.80. The highest BCUT2D eigenvalue weighted by molar-refractivity contribution is 5.55. The summed E-state index contributed by atoms with van der Waals surface area (Å²) in [5, 5.41) is 0.